The Morgan fingerprint density at radius 3 is 2.63 bits per heavy atom. The molecule has 0 aromatic heterocycles. The van der Waals surface area contributed by atoms with Crippen molar-refractivity contribution >= 4 is 12.0 Å². The average molecular weight is 270 g/mol. The van der Waals surface area contributed by atoms with E-state index in [1.165, 1.54) is 37.0 Å². The summed E-state index contributed by atoms with van der Waals surface area (Å²) >= 11 is 0. The Bertz CT molecular complexity index is 329. The quantitative estimate of drug-likeness (QED) is 0.559. The van der Waals surface area contributed by atoms with Crippen LogP contribution in [0.25, 0.3) is 0 Å². The molecule has 6 nitrogen and oxygen atoms in total. The zero-order valence-electron chi connectivity index (χ0n) is 11.1. The van der Waals surface area contributed by atoms with Crippen LogP contribution < -0.4 is 5.32 Å². The summed E-state index contributed by atoms with van der Waals surface area (Å²) in [5.41, 5.74) is 0. The summed E-state index contributed by atoms with van der Waals surface area (Å²) in [6.45, 7) is 1.75. The van der Waals surface area contributed by atoms with E-state index in [0.29, 0.717) is 25.7 Å². The fourth-order valence-corrected chi connectivity index (χ4v) is 2.68. The highest BCUT2D eigenvalue weighted by Crippen LogP contribution is 2.23. The standard InChI is InChI=1S/C13H22N2O4/c16-12-11(8-14-12)15(13(17)18)6-7-19-9-10-4-2-1-3-5-10/h10-11H,1-9H2,(H,14,16)(H,17,18)/t11-/m0/s1. The van der Waals surface area contributed by atoms with Crippen molar-refractivity contribution in [2.75, 3.05) is 26.3 Å². The molecule has 0 bridgehead atoms. The third kappa shape index (κ3) is 3.83. The molecule has 19 heavy (non-hydrogen) atoms. The van der Waals surface area contributed by atoms with Crippen LogP contribution in [0.3, 0.4) is 0 Å². The molecule has 6 heteroatoms. The van der Waals surface area contributed by atoms with Crippen LogP contribution in [-0.2, 0) is 9.53 Å². The summed E-state index contributed by atoms with van der Waals surface area (Å²) in [6, 6.07) is -0.532. The highest BCUT2D eigenvalue weighted by molar-refractivity contribution is 5.90. The first-order valence-corrected chi connectivity index (χ1v) is 7.03. The number of nitrogens with one attached hydrogen (secondary N) is 1. The first kappa shape index (κ1) is 14.1. The fourth-order valence-electron chi connectivity index (χ4n) is 2.68. The molecule has 1 heterocycles. The number of rotatable bonds is 6. The van der Waals surface area contributed by atoms with Gasteiger partial charge < -0.3 is 15.2 Å². The summed E-state index contributed by atoms with van der Waals surface area (Å²) in [5, 5.41) is 11.6. The Kier molecular flexibility index (Phi) is 5.01. The molecule has 0 unspecified atom stereocenters. The number of β-lactam (4-membered cyclic amide) rings is 1. The highest BCUT2D eigenvalue weighted by atomic mass is 16.5. The van der Waals surface area contributed by atoms with Gasteiger partial charge in [-0.2, -0.15) is 0 Å². The van der Waals surface area contributed by atoms with E-state index < -0.39 is 12.1 Å². The smallest absolute Gasteiger partial charge is 0.408 e. The number of carboxylic acid groups (broad SMARTS) is 1. The second-order valence-electron chi connectivity index (χ2n) is 5.32. The molecule has 2 fully saturated rings. The van der Waals surface area contributed by atoms with Gasteiger partial charge in [0.1, 0.15) is 6.04 Å². The van der Waals surface area contributed by atoms with Gasteiger partial charge in [0.15, 0.2) is 0 Å². The van der Waals surface area contributed by atoms with Gasteiger partial charge in [0.2, 0.25) is 5.91 Å². The zero-order chi connectivity index (χ0) is 13.7. The lowest BCUT2D eigenvalue weighted by Crippen LogP contribution is -2.63. The van der Waals surface area contributed by atoms with Crippen molar-refractivity contribution < 1.29 is 19.4 Å². The average Bonchev–Trinajstić information content (AvgIpc) is 2.41. The van der Waals surface area contributed by atoms with E-state index in [0.717, 1.165) is 0 Å². The van der Waals surface area contributed by atoms with Crippen LogP contribution >= 0.6 is 0 Å². The van der Waals surface area contributed by atoms with Gasteiger partial charge in [-0.15, -0.1) is 0 Å². The van der Waals surface area contributed by atoms with Crippen LogP contribution in [0.1, 0.15) is 32.1 Å². The second kappa shape index (κ2) is 6.75. The SMILES string of the molecule is O=C1NC[C@@H]1N(CCOCC1CCCCC1)C(=O)O. The topological polar surface area (TPSA) is 78.9 Å². The molecule has 2 rings (SSSR count). The van der Waals surface area contributed by atoms with E-state index in [1.807, 2.05) is 0 Å². The van der Waals surface area contributed by atoms with E-state index in [9.17, 15) is 9.59 Å². The van der Waals surface area contributed by atoms with Gasteiger partial charge in [-0.1, -0.05) is 19.3 Å². The van der Waals surface area contributed by atoms with E-state index in [-0.39, 0.29) is 12.5 Å². The minimum atomic E-state index is -1.05. The molecule has 2 aliphatic rings. The Hall–Kier alpha value is -1.30. The molecule has 1 atom stereocenters. The van der Waals surface area contributed by atoms with Crippen molar-refractivity contribution in [1.82, 2.24) is 10.2 Å². The van der Waals surface area contributed by atoms with Gasteiger partial charge >= 0.3 is 6.09 Å². The Labute approximate surface area is 113 Å². The van der Waals surface area contributed by atoms with Crippen LogP contribution in [0.15, 0.2) is 0 Å². The van der Waals surface area contributed by atoms with E-state index in [1.54, 1.807) is 0 Å². The first-order chi connectivity index (χ1) is 9.18. The lowest BCUT2D eigenvalue weighted by atomic mass is 9.90. The normalized spacial score (nSPS) is 23.6. The van der Waals surface area contributed by atoms with Gasteiger partial charge in [-0.05, 0) is 18.8 Å². The minimum absolute atomic E-state index is 0.213. The summed E-state index contributed by atoms with van der Waals surface area (Å²) in [6.07, 6.45) is 5.25. The van der Waals surface area contributed by atoms with E-state index >= 15 is 0 Å². The number of carbonyl (C=O) groups excluding carboxylic acids is 1. The molecular weight excluding hydrogens is 248 g/mol. The number of hydrogen-bond donors (Lipinski definition) is 2. The lowest BCUT2D eigenvalue weighted by Gasteiger charge is -2.34. The maximum atomic E-state index is 11.2. The summed E-state index contributed by atoms with van der Waals surface area (Å²) in [5.74, 6) is 0.411. The molecule has 1 aliphatic heterocycles. The predicted molar refractivity (Wildman–Crippen MR) is 68.9 cm³/mol. The zero-order valence-corrected chi connectivity index (χ0v) is 11.1. The molecule has 0 spiro atoms. The molecule has 1 saturated heterocycles. The summed E-state index contributed by atoms with van der Waals surface area (Å²) in [4.78, 5) is 23.4. The highest BCUT2D eigenvalue weighted by Gasteiger charge is 2.36. The molecule has 0 aromatic rings. The third-order valence-corrected chi connectivity index (χ3v) is 3.95. The van der Waals surface area contributed by atoms with Crippen molar-refractivity contribution in [3.8, 4) is 0 Å². The molecular formula is C13H22N2O4. The second-order valence-corrected chi connectivity index (χ2v) is 5.32. The van der Waals surface area contributed by atoms with Crippen LogP contribution in [0, 0.1) is 5.92 Å². The Balaban J connectivity index is 1.64. The van der Waals surface area contributed by atoms with Gasteiger partial charge in [0.25, 0.3) is 0 Å². The Morgan fingerprint density at radius 1 is 1.37 bits per heavy atom. The fraction of sp³-hybridized carbons (Fsp3) is 0.846. The summed E-state index contributed by atoms with van der Waals surface area (Å²) in [7, 11) is 0. The molecule has 1 saturated carbocycles. The molecule has 1 aliphatic carbocycles. The number of ether oxygens (including phenoxy) is 1. The predicted octanol–water partition coefficient (Wildman–Crippen LogP) is 1.06. The largest absolute Gasteiger partial charge is 0.465 e. The van der Waals surface area contributed by atoms with Crippen molar-refractivity contribution in [1.29, 1.82) is 0 Å². The van der Waals surface area contributed by atoms with Crippen molar-refractivity contribution in [3.05, 3.63) is 0 Å². The van der Waals surface area contributed by atoms with E-state index in [4.69, 9.17) is 9.84 Å². The van der Waals surface area contributed by atoms with Crippen molar-refractivity contribution in [2.45, 2.75) is 38.1 Å². The molecule has 108 valence electrons. The lowest BCUT2D eigenvalue weighted by molar-refractivity contribution is -0.132. The van der Waals surface area contributed by atoms with E-state index in [2.05, 4.69) is 5.32 Å². The van der Waals surface area contributed by atoms with Crippen molar-refractivity contribution in [2.24, 2.45) is 5.92 Å². The Morgan fingerprint density at radius 2 is 2.11 bits per heavy atom. The molecule has 2 N–H and O–H groups in total. The summed E-state index contributed by atoms with van der Waals surface area (Å²) < 4.78 is 5.57. The van der Waals surface area contributed by atoms with Crippen LogP contribution in [-0.4, -0.2) is 54.4 Å². The van der Waals surface area contributed by atoms with Crippen molar-refractivity contribution in [3.63, 3.8) is 0 Å². The van der Waals surface area contributed by atoms with Gasteiger partial charge in [-0.3, -0.25) is 9.69 Å². The number of hydrogen-bond acceptors (Lipinski definition) is 3. The number of carbonyl (C=O) groups is 2. The van der Waals surface area contributed by atoms with Gasteiger partial charge in [0.05, 0.1) is 6.61 Å². The maximum Gasteiger partial charge on any atom is 0.408 e. The van der Waals surface area contributed by atoms with Gasteiger partial charge in [0, 0.05) is 19.7 Å². The van der Waals surface area contributed by atoms with Gasteiger partial charge in [-0.25, -0.2) is 4.79 Å². The number of amides is 2. The maximum absolute atomic E-state index is 11.2. The first-order valence-electron chi connectivity index (χ1n) is 7.03. The minimum Gasteiger partial charge on any atom is -0.465 e. The third-order valence-electron chi connectivity index (χ3n) is 3.95. The molecule has 0 aromatic carbocycles. The van der Waals surface area contributed by atoms with Crippen LogP contribution in [0.5, 0.6) is 0 Å². The number of nitrogens with zero attached hydrogens (tertiary/aromatic N) is 1. The van der Waals surface area contributed by atoms with Crippen LogP contribution in [0.2, 0.25) is 0 Å². The molecule has 0 radical (unpaired) electrons. The molecule has 2 amide bonds. The van der Waals surface area contributed by atoms with Crippen LogP contribution in [0.4, 0.5) is 4.79 Å². The monoisotopic (exact) mass is 270 g/mol.